The minimum absolute atomic E-state index is 0. The minimum Gasteiger partial charge on any atom is -0.449 e. The molecule has 116 valence electrons. The molecule has 0 radical (unpaired) electrons. The van der Waals surface area contributed by atoms with Crippen molar-refractivity contribution in [3.8, 4) is 0 Å². The summed E-state index contributed by atoms with van der Waals surface area (Å²) in [6.07, 6.45) is 0.808. The van der Waals surface area contributed by atoms with E-state index in [0.29, 0.717) is 12.5 Å². The molecule has 2 heterocycles. The summed E-state index contributed by atoms with van der Waals surface area (Å²) in [6.45, 7) is 6.43. The lowest BCUT2D eigenvalue weighted by Gasteiger charge is -2.35. The summed E-state index contributed by atoms with van der Waals surface area (Å²) in [6, 6.07) is 6.62. The van der Waals surface area contributed by atoms with Crippen LogP contribution < -0.4 is 4.90 Å². The predicted molar refractivity (Wildman–Crippen MR) is 86.6 cm³/mol. The van der Waals surface area contributed by atoms with Gasteiger partial charge in [-0.05, 0) is 45.5 Å². The van der Waals surface area contributed by atoms with E-state index in [-0.39, 0.29) is 24.5 Å². The van der Waals surface area contributed by atoms with Crippen LogP contribution in [0.4, 0.5) is 10.5 Å². The second-order valence-electron chi connectivity index (χ2n) is 5.86. The van der Waals surface area contributed by atoms with Crippen molar-refractivity contribution >= 4 is 24.2 Å². The summed E-state index contributed by atoms with van der Waals surface area (Å²) in [7, 11) is 2.15. The summed E-state index contributed by atoms with van der Waals surface area (Å²) in [5, 5.41) is 0. The SMILES string of the molecule is CCOC(=O)N1c2ccc(C)cc2C2CN(C)CCC21.Cl. The molecule has 0 bridgehead atoms. The number of hydrogen-bond donors (Lipinski definition) is 0. The first kappa shape index (κ1) is 16.1. The van der Waals surface area contributed by atoms with Gasteiger partial charge in [0.1, 0.15) is 0 Å². The number of amides is 1. The molecule has 0 aliphatic carbocycles. The molecule has 1 amide bonds. The number of rotatable bonds is 1. The standard InChI is InChI=1S/C16H22N2O2.ClH/c1-4-20-16(19)18-14-6-5-11(2)9-12(14)13-10-17(3)8-7-15(13)18;/h5-6,9,13,15H,4,7-8,10H2,1-3H3;1H. The number of carbonyl (C=O) groups is 1. The Balaban J connectivity index is 0.00000161. The molecule has 0 aromatic heterocycles. The van der Waals surface area contributed by atoms with Crippen LogP contribution in [0.3, 0.4) is 0 Å². The quantitative estimate of drug-likeness (QED) is 0.798. The van der Waals surface area contributed by atoms with Crippen LogP contribution in [0, 0.1) is 6.92 Å². The third-order valence-electron chi connectivity index (χ3n) is 4.42. The highest BCUT2D eigenvalue weighted by molar-refractivity contribution is 5.92. The van der Waals surface area contributed by atoms with Crippen LogP contribution in [0.2, 0.25) is 0 Å². The fraction of sp³-hybridized carbons (Fsp3) is 0.562. The lowest BCUT2D eigenvalue weighted by molar-refractivity contribution is 0.151. The molecule has 2 atom stereocenters. The number of likely N-dealkylation sites (tertiary alicyclic amines) is 1. The van der Waals surface area contributed by atoms with Crippen LogP contribution in [-0.4, -0.2) is 43.8 Å². The van der Waals surface area contributed by atoms with E-state index in [1.165, 1.54) is 11.1 Å². The number of nitrogens with zero attached hydrogens (tertiary/aromatic N) is 2. The van der Waals surface area contributed by atoms with Gasteiger partial charge in [-0.3, -0.25) is 4.90 Å². The first-order chi connectivity index (χ1) is 9.61. The first-order valence-electron chi connectivity index (χ1n) is 7.37. The molecule has 2 aliphatic heterocycles. The molecule has 5 heteroatoms. The van der Waals surface area contributed by atoms with Crippen molar-refractivity contribution in [2.24, 2.45) is 0 Å². The van der Waals surface area contributed by atoms with Crippen LogP contribution in [0.25, 0.3) is 0 Å². The average Bonchev–Trinajstić information content (AvgIpc) is 2.72. The zero-order valence-electron chi connectivity index (χ0n) is 12.8. The summed E-state index contributed by atoms with van der Waals surface area (Å²) >= 11 is 0. The van der Waals surface area contributed by atoms with Crippen molar-refractivity contribution < 1.29 is 9.53 Å². The molecule has 21 heavy (non-hydrogen) atoms. The molecular formula is C16H23ClN2O2. The highest BCUT2D eigenvalue weighted by Crippen LogP contribution is 2.45. The average molecular weight is 311 g/mol. The van der Waals surface area contributed by atoms with Gasteiger partial charge in [-0.2, -0.15) is 0 Å². The smallest absolute Gasteiger partial charge is 0.414 e. The van der Waals surface area contributed by atoms with E-state index >= 15 is 0 Å². The Kier molecular flexibility index (Phi) is 4.79. The maximum absolute atomic E-state index is 12.3. The van der Waals surface area contributed by atoms with E-state index < -0.39 is 0 Å². The Bertz CT molecular complexity index is 535. The van der Waals surface area contributed by atoms with Crippen LogP contribution in [0.15, 0.2) is 18.2 Å². The summed E-state index contributed by atoms with van der Waals surface area (Å²) in [4.78, 5) is 16.6. The zero-order chi connectivity index (χ0) is 14.3. The number of likely N-dealkylation sites (N-methyl/N-ethyl adjacent to an activating group) is 1. The van der Waals surface area contributed by atoms with Crippen LogP contribution in [0.5, 0.6) is 0 Å². The van der Waals surface area contributed by atoms with Gasteiger partial charge in [0.05, 0.1) is 12.3 Å². The zero-order valence-corrected chi connectivity index (χ0v) is 13.7. The van der Waals surface area contributed by atoms with E-state index in [4.69, 9.17) is 4.74 Å². The Morgan fingerprint density at radius 3 is 2.90 bits per heavy atom. The molecule has 3 rings (SSSR count). The Hall–Kier alpha value is -1.26. The molecule has 0 saturated carbocycles. The number of ether oxygens (including phenoxy) is 1. The Morgan fingerprint density at radius 2 is 2.19 bits per heavy atom. The number of carbonyl (C=O) groups excluding carboxylic acids is 1. The molecule has 1 fully saturated rings. The van der Waals surface area contributed by atoms with Crippen LogP contribution in [0.1, 0.15) is 30.4 Å². The summed E-state index contributed by atoms with van der Waals surface area (Å²) in [5.74, 6) is 0.410. The van der Waals surface area contributed by atoms with Gasteiger partial charge in [-0.25, -0.2) is 4.79 Å². The van der Waals surface area contributed by atoms with Gasteiger partial charge < -0.3 is 9.64 Å². The molecular weight excluding hydrogens is 288 g/mol. The van der Waals surface area contributed by atoms with E-state index in [0.717, 1.165) is 25.2 Å². The van der Waals surface area contributed by atoms with Gasteiger partial charge in [0.2, 0.25) is 0 Å². The fourth-order valence-corrected chi connectivity index (χ4v) is 3.51. The van der Waals surface area contributed by atoms with Gasteiger partial charge in [0.15, 0.2) is 0 Å². The van der Waals surface area contributed by atoms with Gasteiger partial charge in [0, 0.05) is 18.5 Å². The number of aryl methyl sites for hydroxylation is 1. The highest BCUT2D eigenvalue weighted by atomic mass is 35.5. The maximum Gasteiger partial charge on any atom is 0.414 e. The molecule has 2 unspecified atom stereocenters. The number of anilines is 1. The second-order valence-corrected chi connectivity index (χ2v) is 5.86. The molecule has 0 spiro atoms. The maximum atomic E-state index is 12.3. The number of halogens is 1. The van der Waals surface area contributed by atoms with Gasteiger partial charge in [-0.15, -0.1) is 12.4 Å². The number of fused-ring (bicyclic) bond motifs is 3. The van der Waals surface area contributed by atoms with Crippen molar-refractivity contribution in [2.75, 3.05) is 31.6 Å². The topological polar surface area (TPSA) is 32.8 Å². The Morgan fingerprint density at radius 1 is 1.43 bits per heavy atom. The second kappa shape index (κ2) is 6.24. The van der Waals surface area contributed by atoms with Gasteiger partial charge in [0.25, 0.3) is 0 Å². The number of hydrogen-bond acceptors (Lipinski definition) is 3. The largest absolute Gasteiger partial charge is 0.449 e. The number of benzene rings is 1. The van der Waals surface area contributed by atoms with Crippen molar-refractivity contribution in [3.05, 3.63) is 29.3 Å². The van der Waals surface area contributed by atoms with Crippen molar-refractivity contribution in [1.82, 2.24) is 4.90 Å². The highest BCUT2D eigenvalue weighted by Gasteiger charge is 2.44. The lowest BCUT2D eigenvalue weighted by Crippen LogP contribution is -2.47. The van der Waals surface area contributed by atoms with Crippen molar-refractivity contribution in [2.45, 2.75) is 32.2 Å². The summed E-state index contributed by atoms with van der Waals surface area (Å²) in [5.41, 5.74) is 3.59. The fourth-order valence-electron chi connectivity index (χ4n) is 3.51. The molecule has 1 aromatic carbocycles. The van der Waals surface area contributed by atoms with Gasteiger partial charge in [-0.1, -0.05) is 17.7 Å². The van der Waals surface area contributed by atoms with E-state index in [2.05, 4.69) is 37.1 Å². The van der Waals surface area contributed by atoms with E-state index in [9.17, 15) is 4.79 Å². The number of piperidine rings is 1. The van der Waals surface area contributed by atoms with Crippen LogP contribution in [-0.2, 0) is 4.74 Å². The van der Waals surface area contributed by atoms with Gasteiger partial charge >= 0.3 is 6.09 Å². The van der Waals surface area contributed by atoms with E-state index in [1.54, 1.807) is 0 Å². The summed E-state index contributed by atoms with van der Waals surface area (Å²) < 4.78 is 5.26. The molecule has 4 nitrogen and oxygen atoms in total. The van der Waals surface area contributed by atoms with E-state index in [1.807, 2.05) is 11.8 Å². The predicted octanol–water partition coefficient (Wildman–Crippen LogP) is 3.18. The molecule has 1 aromatic rings. The monoisotopic (exact) mass is 310 g/mol. The molecule has 0 N–H and O–H groups in total. The third kappa shape index (κ3) is 2.74. The third-order valence-corrected chi connectivity index (χ3v) is 4.42. The molecule has 1 saturated heterocycles. The van der Waals surface area contributed by atoms with Crippen molar-refractivity contribution in [3.63, 3.8) is 0 Å². The minimum atomic E-state index is -0.199. The first-order valence-corrected chi connectivity index (χ1v) is 7.37. The van der Waals surface area contributed by atoms with Crippen LogP contribution >= 0.6 is 12.4 Å². The Labute approximate surface area is 132 Å². The lowest BCUT2D eigenvalue weighted by atomic mass is 9.89. The normalized spacial score (nSPS) is 24.0. The molecule has 2 aliphatic rings. The van der Waals surface area contributed by atoms with Crippen molar-refractivity contribution in [1.29, 1.82) is 0 Å².